The molecule has 6 heteroatoms. The van der Waals surface area contributed by atoms with Gasteiger partial charge in [0.1, 0.15) is 5.56 Å². The van der Waals surface area contributed by atoms with Crippen LogP contribution in [0.3, 0.4) is 0 Å². The molecule has 0 unspecified atom stereocenters. The van der Waals surface area contributed by atoms with E-state index >= 15 is 0 Å². The fourth-order valence-electron chi connectivity index (χ4n) is 2.93. The van der Waals surface area contributed by atoms with E-state index in [1.54, 1.807) is 0 Å². The zero-order valence-corrected chi connectivity index (χ0v) is 16.8. The van der Waals surface area contributed by atoms with Gasteiger partial charge >= 0.3 is 5.97 Å². The number of rotatable bonds is 5. The number of fused-ring (bicyclic) bond motifs is 1. The second-order valence-corrected chi connectivity index (χ2v) is 6.51. The maximum absolute atomic E-state index is 12.5. The highest BCUT2D eigenvalue weighted by Gasteiger charge is 2.18. The standard InChI is InChI=1S/C21H23N3O2.ClH/c1-5-8-26-21(25)18-12-22-20-17(7-6-15(4)23-20)19(18)24-16-10-13(2)9-14(3)11-16;/h6-7,9-12H,5,8H2,1-4H3,(H,22,23,24);1H. The molecule has 0 fully saturated rings. The Labute approximate surface area is 165 Å². The fourth-order valence-corrected chi connectivity index (χ4v) is 2.93. The first kappa shape index (κ1) is 20.6. The smallest absolute Gasteiger partial charge is 0.341 e. The van der Waals surface area contributed by atoms with Crippen LogP contribution >= 0.6 is 12.4 Å². The zero-order valence-electron chi connectivity index (χ0n) is 16.0. The highest BCUT2D eigenvalue weighted by atomic mass is 35.5. The van der Waals surface area contributed by atoms with Gasteiger partial charge < -0.3 is 10.1 Å². The Bertz CT molecular complexity index is 953. The van der Waals surface area contributed by atoms with Gasteiger partial charge in [0.2, 0.25) is 0 Å². The molecule has 0 aliphatic carbocycles. The van der Waals surface area contributed by atoms with E-state index in [4.69, 9.17) is 4.74 Å². The maximum Gasteiger partial charge on any atom is 0.341 e. The highest BCUT2D eigenvalue weighted by molar-refractivity contribution is 6.05. The van der Waals surface area contributed by atoms with Crippen LogP contribution < -0.4 is 5.32 Å². The number of nitrogens with zero attached hydrogens (tertiary/aromatic N) is 2. The summed E-state index contributed by atoms with van der Waals surface area (Å²) in [5, 5.41) is 4.19. The van der Waals surface area contributed by atoms with Crippen molar-refractivity contribution in [2.75, 3.05) is 11.9 Å². The summed E-state index contributed by atoms with van der Waals surface area (Å²) >= 11 is 0. The zero-order chi connectivity index (χ0) is 18.7. The number of carbonyl (C=O) groups is 1. The number of aryl methyl sites for hydroxylation is 3. The molecular formula is C21H24ClN3O2. The lowest BCUT2D eigenvalue weighted by Crippen LogP contribution is -2.10. The van der Waals surface area contributed by atoms with Gasteiger partial charge in [0, 0.05) is 23.0 Å². The van der Waals surface area contributed by atoms with Crippen molar-refractivity contribution in [1.82, 2.24) is 9.97 Å². The van der Waals surface area contributed by atoms with Crippen LogP contribution in [0.25, 0.3) is 11.0 Å². The van der Waals surface area contributed by atoms with Gasteiger partial charge in [0.25, 0.3) is 0 Å². The number of pyridine rings is 2. The average molecular weight is 386 g/mol. The molecular weight excluding hydrogens is 362 g/mol. The van der Waals surface area contributed by atoms with Crippen LogP contribution in [0.1, 0.15) is 40.5 Å². The van der Waals surface area contributed by atoms with E-state index in [0.29, 0.717) is 23.5 Å². The fraction of sp³-hybridized carbons (Fsp3) is 0.286. The van der Waals surface area contributed by atoms with Crippen LogP contribution in [0.4, 0.5) is 11.4 Å². The molecule has 0 bridgehead atoms. The van der Waals surface area contributed by atoms with E-state index < -0.39 is 0 Å². The SMILES string of the molecule is CCCOC(=O)c1cnc2nc(C)ccc2c1Nc1cc(C)cc(C)c1.Cl. The van der Waals surface area contributed by atoms with Crippen molar-refractivity contribution < 1.29 is 9.53 Å². The van der Waals surface area contributed by atoms with E-state index in [9.17, 15) is 4.79 Å². The number of esters is 1. The van der Waals surface area contributed by atoms with Crippen LogP contribution in [-0.4, -0.2) is 22.5 Å². The van der Waals surface area contributed by atoms with Crippen molar-refractivity contribution >= 4 is 40.8 Å². The van der Waals surface area contributed by atoms with Crippen LogP contribution in [-0.2, 0) is 4.74 Å². The molecule has 2 aromatic heterocycles. The predicted octanol–water partition coefficient (Wildman–Crippen LogP) is 5.29. The van der Waals surface area contributed by atoms with Crippen LogP contribution in [0, 0.1) is 20.8 Å². The highest BCUT2D eigenvalue weighted by Crippen LogP contribution is 2.30. The Kier molecular flexibility index (Phi) is 6.75. The second kappa shape index (κ2) is 8.82. The Morgan fingerprint density at radius 2 is 1.81 bits per heavy atom. The molecule has 27 heavy (non-hydrogen) atoms. The van der Waals surface area contributed by atoms with Gasteiger partial charge in [-0.1, -0.05) is 13.0 Å². The van der Waals surface area contributed by atoms with Crippen LogP contribution in [0.15, 0.2) is 36.5 Å². The first-order valence-electron chi connectivity index (χ1n) is 8.76. The van der Waals surface area contributed by atoms with Gasteiger partial charge in [-0.15, -0.1) is 12.4 Å². The van der Waals surface area contributed by atoms with E-state index in [1.807, 2.05) is 52.0 Å². The van der Waals surface area contributed by atoms with Crippen LogP contribution in [0.2, 0.25) is 0 Å². The van der Waals surface area contributed by atoms with E-state index in [2.05, 4.69) is 21.4 Å². The van der Waals surface area contributed by atoms with Gasteiger partial charge in [0.05, 0.1) is 12.3 Å². The molecule has 0 saturated carbocycles. The number of benzene rings is 1. The third-order valence-electron chi connectivity index (χ3n) is 4.02. The van der Waals surface area contributed by atoms with E-state index in [1.165, 1.54) is 6.20 Å². The molecule has 0 spiro atoms. The first-order chi connectivity index (χ1) is 12.5. The largest absolute Gasteiger partial charge is 0.462 e. The summed E-state index contributed by atoms with van der Waals surface area (Å²) in [6.07, 6.45) is 2.31. The lowest BCUT2D eigenvalue weighted by atomic mass is 10.1. The number of anilines is 2. The quantitative estimate of drug-likeness (QED) is 0.604. The molecule has 142 valence electrons. The lowest BCUT2D eigenvalue weighted by Gasteiger charge is -2.15. The van der Waals surface area contributed by atoms with Gasteiger partial charge in [-0.25, -0.2) is 14.8 Å². The number of hydrogen-bond acceptors (Lipinski definition) is 5. The first-order valence-corrected chi connectivity index (χ1v) is 8.76. The summed E-state index contributed by atoms with van der Waals surface area (Å²) in [6, 6.07) is 10.0. The molecule has 0 atom stereocenters. The number of hydrogen-bond donors (Lipinski definition) is 1. The summed E-state index contributed by atoms with van der Waals surface area (Å²) in [7, 11) is 0. The number of halogens is 1. The molecule has 3 aromatic rings. The Hall–Kier alpha value is -2.66. The summed E-state index contributed by atoms with van der Waals surface area (Å²) in [5.41, 5.74) is 5.78. The molecule has 0 aliphatic rings. The number of carbonyl (C=O) groups excluding carboxylic acids is 1. The van der Waals surface area contributed by atoms with Crippen molar-refractivity contribution in [3.05, 3.63) is 58.9 Å². The van der Waals surface area contributed by atoms with Crippen molar-refractivity contribution in [3.63, 3.8) is 0 Å². The summed E-state index contributed by atoms with van der Waals surface area (Å²) < 4.78 is 5.34. The molecule has 0 aliphatic heterocycles. The molecule has 3 rings (SSSR count). The molecule has 0 amide bonds. The number of aromatic nitrogens is 2. The Morgan fingerprint density at radius 1 is 1.11 bits per heavy atom. The van der Waals surface area contributed by atoms with Gasteiger partial charge in [-0.3, -0.25) is 0 Å². The van der Waals surface area contributed by atoms with Crippen molar-refractivity contribution in [3.8, 4) is 0 Å². The molecule has 1 N–H and O–H groups in total. The van der Waals surface area contributed by atoms with E-state index in [0.717, 1.165) is 34.3 Å². The van der Waals surface area contributed by atoms with Crippen molar-refractivity contribution in [2.45, 2.75) is 34.1 Å². The van der Waals surface area contributed by atoms with E-state index in [-0.39, 0.29) is 18.4 Å². The topological polar surface area (TPSA) is 64.1 Å². The minimum absolute atomic E-state index is 0. The van der Waals surface area contributed by atoms with Gasteiger partial charge in [-0.2, -0.15) is 0 Å². The molecule has 0 saturated heterocycles. The van der Waals surface area contributed by atoms with Crippen molar-refractivity contribution in [2.24, 2.45) is 0 Å². The number of ether oxygens (including phenoxy) is 1. The lowest BCUT2D eigenvalue weighted by molar-refractivity contribution is 0.0506. The third-order valence-corrected chi connectivity index (χ3v) is 4.02. The molecule has 5 nitrogen and oxygen atoms in total. The Balaban J connectivity index is 0.00000261. The van der Waals surface area contributed by atoms with Gasteiger partial charge in [0.15, 0.2) is 5.65 Å². The van der Waals surface area contributed by atoms with Crippen molar-refractivity contribution in [1.29, 1.82) is 0 Å². The maximum atomic E-state index is 12.5. The number of nitrogens with one attached hydrogen (secondary N) is 1. The average Bonchev–Trinajstić information content (AvgIpc) is 2.58. The normalized spacial score (nSPS) is 10.4. The predicted molar refractivity (Wildman–Crippen MR) is 111 cm³/mol. The Morgan fingerprint density at radius 3 is 2.48 bits per heavy atom. The minimum atomic E-state index is -0.381. The summed E-state index contributed by atoms with van der Waals surface area (Å²) in [4.78, 5) is 21.4. The minimum Gasteiger partial charge on any atom is -0.462 e. The monoisotopic (exact) mass is 385 g/mol. The second-order valence-electron chi connectivity index (χ2n) is 6.51. The molecule has 0 radical (unpaired) electrons. The van der Waals surface area contributed by atoms with Crippen LogP contribution in [0.5, 0.6) is 0 Å². The molecule has 1 aromatic carbocycles. The summed E-state index contributed by atoms with van der Waals surface area (Å²) in [6.45, 7) is 8.36. The summed E-state index contributed by atoms with van der Waals surface area (Å²) in [5.74, 6) is -0.381. The third kappa shape index (κ3) is 4.74. The molecule has 2 heterocycles. The van der Waals surface area contributed by atoms with Gasteiger partial charge in [-0.05, 0) is 62.6 Å².